The van der Waals surface area contributed by atoms with Crippen molar-refractivity contribution in [2.24, 2.45) is 11.7 Å². The number of rotatable bonds is 3. The second-order valence-corrected chi connectivity index (χ2v) is 4.84. The molecule has 1 aromatic rings. The summed E-state index contributed by atoms with van der Waals surface area (Å²) in [5, 5.41) is 0. The Balaban J connectivity index is 2.21. The molecule has 0 bridgehead atoms. The van der Waals surface area contributed by atoms with Gasteiger partial charge in [0, 0.05) is 6.04 Å². The van der Waals surface area contributed by atoms with E-state index in [0.29, 0.717) is 12.0 Å². The van der Waals surface area contributed by atoms with Crippen molar-refractivity contribution in [2.45, 2.75) is 18.9 Å². The first kappa shape index (κ1) is 12.4. The minimum Gasteiger partial charge on any atom is -0.497 e. The van der Waals surface area contributed by atoms with Crippen LogP contribution in [0.25, 0.3) is 0 Å². The van der Waals surface area contributed by atoms with Crippen LogP contribution in [0.15, 0.2) is 24.3 Å². The van der Waals surface area contributed by atoms with Crippen molar-refractivity contribution in [1.82, 2.24) is 4.90 Å². The summed E-state index contributed by atoms with van der Waals surface area (Å²) < 4.78 is 5.20. The molecule has 2 atom stereocenters. The van der Waals surface area contributed by atoms with Gasteiger partial charge in [-0.3, -0.25) is 4.90 Å². The van der Waals surface area contributed by atoms with E-state index < -0.39 is 0 Å². The maximum Gasteiger partial charge on any atom is 0.118 e. The van der Waals surface area contributed by atoms with Gasteiger partial charge in [-0.2, -0.15) is 0 Å². The van der Waals surface area contributed by atoms with Crippen LogP contribution in [0.3, 0.4) is 0 Å². The number of ether oxygens (including phenoxy) is 1. The molecule has 0 aliphatic carbocycles. The van der Waals surface area contributed by atoms with Crippen LogP contribution in [0.5, 0.6) is 5.75 Å². The molecule has 0 amide bonds. The average molecular weight is 234 g/mol. The SMILES string of the molecule is COc1ccc([C@@H]2[C@H](CN)CCCN2C)cc1. The summed E-state index contributed by atoms with van der Waals surface area (Å²) >= 11 is 0. The highest BCUT2D eigenvalue weighted by Gasteiger charge is 2.29. The Kier molecular flexibility index (Phi) is 4.02. The third-order valence-corrected chi connectivity index (χ3v) is 3.77. The third-order valence-electron chi connectivity index (χ3n) is 3.77. The molecule has 0 aromatic heterocycles. The molecule has 3 nitrogen and oxygen atoms in total. The van der Waals surface area contributed by atoms with Crippen molar-refractivity contribution in [3.63, 3.8) is 0 Å². The number of piperidine rings is 1. The highest BCUT2D eigenvalue weighted by atomic mass is 16.5. The highest BCUT2D eigenvalue weighted by molar-refractivity contribution is 5.29. The van der Waals surface area contributed by atoms with Crippen molar-refractivity contribution < 1.29 is 4.74 Å². The summed E-state index contributed by atoms with van der Waals surface area (Å²) in [5.74, 6) is 1.48. The van der Waals surface area contributed by atoms with Gasteiger partial charge < -0.3 is 10.5 Å². The summed E-state index contributed by atoms with van der Waals surface area (Å²) in [5.41, 5.74) is 7.25. The standard InChI is InChI=1S/C14H22N2O/c1-16-9-3-4-12(10-15)14(16)11-5-7-13(17-2)8-6-11/h5-8,12,14H,3-4,9-10,15H2,1-2H3/t12-,14+/m0/s1. The topological polar surface area (TPSA) is 38.5 Å². The summed E-state index contributed by atoms with van der Waals surface area (Å²) in [6.07, 6.45) is 2.49. The molecule has 1 saturated heterocycles. The van der Waals surface area contributed by atoms with E-state index in [2.05, 4.69) is 24.1 Å². The number of hydrogen-bond donors (Lipinski definition) is 1. The first-order valence-corrected chi connectivity index (χ1v) is 6.30. The number of benzene rings is 1. The lowest BCUT2D eigenvalue weighted by Gasteiger charge is -2.39. The predicted molar refractivity (Wildman–Crippen MR) is 70.1 cm³/mol. The molecule has 3 heteroatoms. The predicted octanol–water partition coefficient (Wildman–Crippen LogP) is 2.04. The maximum absolute atomic E-state index is 5.90. The molecule has 0 radical (unpaired) electrons. The van der Waals surface area contributed by atoms with E-state index in [1.165, 1.54) is 18.4 Å². The molecule has 1 fully saturated rings. The van der Waals surface area contributed by atoms with Crippen LogP contribution in [0.1, 0.15) is 24.4 Å². The molecular formula is C14H22N2O. The van der Waals surface area contributed by atoms with Gasteiger partial charge in [-0.1, -0.05) is 12.1 Å². The summed E-state index contributed by atoms with van der Waals surface area (Å²) in [4.78, 5) is 2.42. The van der Waals surface area contributed by atoms with E-state index in [9.17, 15) is 0 Å². The summed E-state index contributed by atoms with van der Waals surface area (Å²) in [6.45, 7) is 1.92. The monoisotopic (exact) mass is 234 g/mol. The number of methoxy groups -OCH3 is 1. The van der Waals surface area contributed by atoms with E-state index in [-0.39, 0.29) is 0 Å². The molecule has 1 aliphatic rings. The lowest BCUT2D eigenvalue weighted by Crippen LogP contribution is -2.39. The summed E-state index contributed by atoms with van der Waals surface area (Å²) in [6, 6.07) is 8.85. The molecule has 0 spiro atoms. The number of nitrogens with two attached hydrogens (primary N) is 1. The fraction of sp³-hybridized carbons (Fsp3) is 0.571. The zero-order valence-electron chi connectivity index (χ0n) is 10.7. The molecule has 1 aliphatic heterocycles. The molecule has 2 rings (SSSR count). The van der Waals surface area contributed by atoms with Gasteiger partial charge in [-0.15, -0.1) is 0 Å². The minimum atomic E-state index is 0.458. The Morgan fingerprint density at radius 2 is 2.06 bits per heavy atom. The average Bonchev–Trinajstić information content (AvgIpc) is 2.38. The molecule has 1 heterocycles. The molecule has 1 aromatic carbocycles. The van der Waals surface area contributed by atoms with E-state index in [4.69, 9.17) is 10.5 Å². The Morgan fingerprint density at radius 3 is 2.65 bits per heavy atom. The molecule has 0 unspecified atom stereocenters. The van der Waals surface area contributed by atoms with Gasteiger partial charge in [-0.05, 0) is 56.6 Å². The van der Waals surface area contributed by atoms with Crippen molar-refractivity contribution in [3.05, 3.63) is 29.8 Å². The van der Waals surface area contributed by atoms with Gasteiger partial charge in [0.2, 0.25) is 0 Å². The van der Waals surface area contributed by atoms with Crippen LogP contribution < -0.4 is 10.5 Å². The second-order valence-electron chi connectivity index (χ2n) is 4.84. The van der Waals surface area contributed by atoms with Gasteiger partial charge in [-0.25, -0.2) is 0 Å². The van der Waals surface area contributed by atoms with E-state index >= 15 is 0 Å². The quantitative estimate of drug-likeness (QED) is 0.869. The van der Waals surface area contributed by atoms with Crippen LogP contribution >= 0.6 is 0 Å². The minimum absolute atomic E-state index is 0.458. The van der Waals surface area contributed by atoms with Crippen LogP contribution in [0.4, 0.5) is 0 Å². The number of nitrogens with zero attached hydrogens (tertiary/aromatic N) is 1. The molecule has 94 valence electrons. The fourth-order valence-electron chi connectivity index (χ4n) is 2.83. The maximum atomic E-state index is 5.90. The van der Waals surface area contributed by atoms with Crippen molar-refractivity contribution in [2.75, 3.05) is 27.2 Å². The Morgan fingerprint density at radius 1 is 1.35 bits per heavy atom. The van der Waals surface area contributed by atoms with E-state index in [1.54, 1.807) is 7.11 Å². The van der Waals surface area contributed by atoms with Gasteiger partial charge in [0.05, 0.1) is 7.11 Å². The molecule has 0 saturated carbocycles. The largest absolute Gasteiger partial charge is 0.497 e. The smallest absolute Gasteiger partial charge is 0.118 e. The highest BCUT2D eigenvalue weighted by Crippen LogP contribution is 2.34. The van der Waals surface area contributed by atoms with Gasteiger partial charge in [0.25, 0.3) is 0 Å². The number of hydrogen-bond acceptors (Lipinski definition) is 3. The fourth-order valence-corrected chi connectivity index (χ4v) is 2.83. The van der Waals surface area contributed by atoms with Crippen molar-refractivity contribution >= 4 is 0 Å². The van der Waals surface area contributed by atoms with Gasteiger partial charge in [0.15, 0.2) is 0 Å². The molecule has 2 N–H and O–H groups in total. The van der Waals surface area contributed by atoms with Crippen molar-refractivity contribution in [1.29, 1.82) is 0 Å². The first-order chi connectivity index (χ1) is 8.26. The first-order valence-electron chi connectivity index (χ1n) is 6.30. The molecular weight excluding hydrogens is 212 g/mol. The normalized spacial score (nSPS) is 25.8. The van der Waals surface area contributed by atoms with Gasteiger partial charge >= 0.3 is 0 Å². The zero-order chi connectivity index (χ0) is 12.3. The second kappa shape index (κ2) is 5.52. The van der Waals surface area contributed by atoms with Crippen LogP contribution in [-0.4, -0.2) is 32.1 Å². The van der Waals surface area contributed by atoms with Crippen LogP contribution in [0.2, 0.25) is 0 Å². The van der Waals surface area contributed by atoms with E-state index in [1.807, 2.05) is 12.1 Å². The Hall–Kier alpha value is -1.06. The lowest BCUT2D eigenvalue weighted by molar-refractivity contribution is 0.125. The van der Waals surface area contributed by atoms with E-state index in [0.717, 1.165) is 18.8 Å². The Labute approximate surface area is 104 Å². The lowest BCUT2D eigenvalue weighted by atomic mass is 9.85. The Bertz CT molecular complexity index is 350. The number of likely N-dealkylation sites (tertiary alicyclic amines) is 1. The van der Waals surface area contributed by atoms with Crippen LogP contribution in [0, 0.1) is 5.92 Å². The van der Waals surface area contributed by atoms with Crippen molar-refractivity contribution in [3.8, 4) is 5.75 Å². The van der Waals surface area contributed by atoms with Gasteiger partial charge in [0.1, 0.15) is 5.75 Å². The third kappa shape index (κ3) is 2.61. The summed E-state index contributed by atoms with van der Waals surface area (Å²) in [7, 11) is 3.89. The van der Waals surface area contributed by atoms with Crippen LogP contribution in [-0.2, 0) is 0 Å². The molecule has 17 heavy (non-hydrogen) atoms. The zero-order valence-corrected chi connectivity index (χ0v) is 10.7.